The molecule has 4 rings (SSSR count). The highest BCUT2D eigenvalue weighted by Gasteiger charge is 2.13. The second-order valence-electron chi connectivity index (χ2n) is 8.32. The molecule has 1 heterocycles. The topological polar surface area (TPSA) is 94.8 Å². The Kier molecular flexibility index (Phi) is 7.77. The first kappa shape index (κ1) is 24.0. The van der Waals surface area contributed by atoms with Crippen molar-refractivity contribution in [1.82, 2.24) is 5.32 Å². The number of carbonyl (C=O) groups excluding carboxylic acids is 2. The zero-order chi connectivity index (χ0) is 24.6. The molecule has 0 saturated carbocycles. The van der Waals surface area contributed by atoms with Gasteiger partial charge in [-0.2, -0.15) is 0 Å². The summed E-state index contributed by atoms with van der Waals surface area (Å²) in [5.41, 5.74) is 1.75. The van der Waals surface area contributed by atoms with Gasteiger partial charge in [0.05, 0.1) is 5.39 Å². The summed E-state index contributed by atoms with van der Waals surface area (Å²) in [5, 5.41) is 4.87. The third-order valence-corrected chi connectivity index (χ3v) is 5.66. The number of aryl methyl sites for hydroxylation is 1. The fraction of sp³-hybridized carbons (Fsp3) is 0.250. The summed E-state index contributed by atoms with van der Waals surface area (Å²) >= 11 is 0. The normalized spacial score (nSPS) is 10.9. The molecule has 0 aliphatic rings. The molecular weight excluding hydrogens is 446 g/mol. The predicted molar refractivity (Wildman–Crippen MR) is 133 cm³/mol. The van der Waals surface area contributed by atoms with Gasteiger partial charge in [0.2, 0.25) is 0 Å². The first-order chi connectivity index (χ1) is 17.0. The third-order valence-electron chi connectivity index (χ3n) is 5.66. The maximum absolute atomic E-state index is 12.3. The largest absolute Gasteiger partial charge is 0.445 e. The molecule has 1 aromatic heterocycles. The fourth-order valence-electron chi connectivity index (χ4n) is 3.96. The van der Waals surface area contributed by atoms with E-state index in [2.05, 4.69) is 5.32 Å². The summed E-state index contributed by atoms with van der Waals surface area (Å²) < 4.78 is 16.1. The lowest BCUT2D eigenvalue weighted by atomic mass is 10.0. The van der Waals surface area contributed by atoms with Crippen molar-refractivity contribution in [2.45, 2.75) is 39.2 Å². The van der Waals surface area contributed by atoms with E-state index in [0.717, 1.165) is 34.7 Å². The highest BCUT2D eigenvalue weighted by atomic mass is 16.5. The second kappa shape index (κ2) is 11.3. The Morgan fingerprint density at radius 1 is 0.914 bits per heavy atom. The van der Waals surface area contributed by atoms with E-state index in [1.54, 1.807) is 24.3 Å². The Bertz CT molecular complexity index is 1390. The molecule has 1 N–H and O–H groups in total. The van der Waals surface area contributed by atoms with E-state index in [4.69, 9.17) is 13.9 Å². The molecule has 0 unspecified atom stereocenters. The maximum Gasteiger partial charge on any atom is 0.407 e. The van der Waals surface area contributed by atoms with Gasteiger partial charge in [0, 0.05) is 29.8 Å². The Morgan fingerprint density at radius 3 is 2.46 bits per heavy atom. The summed E-state index contributed by atoms with van der Waals surface area (Å²) in [6.45, 7) is 2.59. The number of nitrogens with one attached hydrogen (secondary N) is 1. The highest BCUT2D eigenvalue weighted by Crippen LogP contribution is 2.30. The Labute approximate surface area is 202 Å². The van der Waals surface area contributed by atoms with Gasteiger partial charge in [-0.25, -0.2) is 9.59 Å². The molecule has 0 fully saturated rings. The number of hydrogen-bond donors (Lipinski definition) is 1. The van der Waals surface area contributed by atoms with Crippen LogP contribution in [0.1, 0.15) is 36.8 Å². The molecule has 0 atom stereocenters. The van der Waals surface area contributed by atoms with Crippen LogP contribution in [0.3, 0.4) is 0 Å². The summed E-state index contributed by atoms with van der Waals surface area (Å²) in [7, 11) is 0. The van der Waals surface area contributed by atoms with Crippen LogP contribution in [-0.4, -0.2) is 18.6 Å². The Hall–Kier alpha value is -4.13. The average molecular weight is 474 g/mol. The quantitative estimate of drug-likeness (QED) is 0.111. The molecule has 7 nitrogen and oxygen atoms in total. The molecule has 4 aromatic rings. The molecule has 0 aliphatic heterocycles. The van der Waals surface area contributed by atoms with Crippen LogP contribution in [0.25, 0.3) is 21.7 Å². The smallest absolute Gasteiger partial charge is 0.407 e. The van der Waals surface area contributed by atoms with Gasteiger partial charge in [-0.1, -0.05) is 55.0 Å². The molecule has 0 aliphatic carbocycles. The van der Waals surface area contributed by atoms with Crippen molar-refractivity contribution in [3.63, 3.8) is 0 Å². The van der Waals surface area contributed by atoms with Crippen molar-refractivity contribution in [3.05, 3.63) is 88.3 Å². The fourth-order valence-corrected chi connectivity index (χ4v) is 3.96. The predicted octanol–water partition coefficient (Wildman–Crippen LogP) is 5.65. The van der Waals surface area contributed by atoms with E-state index in [1.165, 1.54) is 0 Å². The number of amides is 1. The number of rotatable bonds is 9. The van der Waals surface area contributed by atoms with Crippen LogP contribution >= 0.6 is 0 Å². The van der Waals surface area contributed by atoms with Gasteiger partial charge in [-0.15, -0.1) is 0 Å². The third kappa shape index (κ3) is 6.26. The zero-order valence-corrected chi connectivity index (χ0v) is 19.5. The lowest BCUT2D eigenvalue weighted by molar-refractivity contribution is -0.134. The van der Waals surface area contributed by atoms with E-state index in [1.807, 2.05) is 49.4 Å². The number of hydrogen-bond acceptors (Lipinski definition) is 6. The van der Waals surface area contributed by atoms with E-state index in [-0.39, 0.29) is 19.0 Å². The van der Waals surface area contributed by atoms with Gasteiger partial charge < -0.3 is 19.2 Å². The van der Waals surface area contributed by atoms with Crippen LogP contribution in [0, 0.1) is 6.92 Å². The lowest BCUT2D eigenvalue weighted by Gasteiger charge is -2.10. The summed E-state index contributed by atoms with van der Waals surface area (Å²) in [6, 6.07) is 20.1. The van der Waals surface area contributed by atoms with Crippen molar-refractivity contribution in [2.24, 2.45) is 0 Å². The number of carbonyl (C=O) groups is 2. The number of alkyl carbamates (subject to hydrolysis) is 1. The Morgan fingerprint density at radius 2 is 1.66 bits per heavy atom. The molecule has 180 valence electrons. The van der Waals surface area contributed by atoms with Crippen molar-refractivity contribution < 1.29 is 23.5 Å². The summed E-state index contributed by atoms with van der Waals surface area (Å²) in [6.07, 6.45) is 1.90. The molecule has 0 radical (unpaired) electrons. The SMILES string of the molecule is Cc1cc(OC(=O)CCCCCNC(=O)OCc2ccccc2)cc2oc(=O)c3ccccc3c12. The van der Waals surface area contributed by atoms with E-state index < -0.39 is 11.7 Å². The minimum absolute atomic E-state index is 0.229. The van der Waals surface area contributed by atoms with Crippen LogP contribution in [0.15, 0.2) is 75.9 Å². The van der Waals surface area contributed by atoms with Crippen LogP contribution in [0.2, 0.25) is 0 Å². The van der Waals surface area contributed by atoms with Gasteiger partial charge in [0.1, 0.15) is 17.9 Å². The molecular formula is C28H27NO6. The highest BCUT2D eigenvalue weighted by molar-refractivity contribution is 6.06. The monoisotopic (exact) mass is 473 g/mol. The van der Waals surface area contributed by atoms with Gasteiger partial charge in [0.15, 0.2) is 0 Å². The van der Waals surface area contributed by atoms with Gasteiger partial charge >= 0.3 is 17.7 Å². The molecule has 7 heteroatoms. The molecule has 3 aromatic carbocycles. The van der Waals surface area contributed by atoms with Crippen LogP contribution in [0.5, 0.6) is 5.75 Å². The number of fused-ring (bicyclic) bond motifs is 3. The Balaban J connectivity index is 1.21. The first-order valence-corrected chi connectivity index (χ1v) is 11.6. The van der Waals surface area contributed by atoms with E-state index >= 15 is 0 Å². The minimum atomic E-state index is -0.459. The average Bonchev–Trinajstić information content (AvgIpc) is 2.85. The molecule has 0 bridgehead atoms. The minimum Gasteiger partial charge on any atom is -0.445 e. The van der Waals surface area contributed by atoms with Crippen molar-refractivity contribution >= 4 is 33.8 Å². The maximum atomic E-state index is 12.3. The summed E-state index contributed by atoms with van der Waals surface area (Å²) in [4.78, 5) is 36.3. The molecule has 0 saturated heterocycles. The standard InChI is InChI=1S/C28H27NO6/c1-19-16-21(17-24-26(19)22-12-7-8-13-23(22)27(31)35-24)34-25(30)14-6-3-9-15-29-28(32)33-18-20-10-4-2-5-11-20/h2,4-5,7-8,10-13,16-17H,3,6,9,14-15,18H2,1H3,(H,29,32). The van der Waals surface area contributed by atoms with Crippen molar-refractivity contribution in [3.8, 4) is 5.75 Å². The van der Waals surface area contributed by atoms with Crippen LogP contribution in [-0.2, 0) is 16.1 Å². The lowest BCUT2D eigenvalue weighted by Crippen LogP contribution is -2.25. The number of benzene rings is 3. The van der Waals surface area contributed by atoms with Gasteiger partial charge in [-0.3, -0.25) is 4.79 Å². The number of unbranched alkanes of at least 4 members (excludes halogenated alkanes) is 2. The van der Waals surface area contributed by atoms with E-state index in [9.17, 15) is 14.4 Å². The number of esters is 1. The van der Waals surface area contributed by atoms with Crippen molar-refractivity contribution in [1.29, 1.82) is 0 Å². The van der Waals surface area contributed by atoms with Gasteiger partial charge in [0.25, 0.3) is 0 Å². The molecule has 0 spiro atoms. The zero-order valence-electron chi connectivity index (χ0n) is 19.5. The molecule has 35 heavy (non-hydrogen) atoms. The van der Waals surface area contributed by atoms with Crippen molar-refractivity contribution in [2.75, 3.05) is 6.54 Å². The number of ether oxygens (including phenoxy) is 2. The van der Waals surface area contributed by atoms with Crippen LogP contribution in [0.4, 0.5) is 4.79 Å². The van der Waals surface area contributed by atoms with E-state index in [0.29, 0.717) is 29.7 Å². The van der Waals surface area contributed by atoms with Crippen LogP contribution < -0.4 is 15.7 Å². The first-order valence-electron chi connectivity index (χ1n) is 11.6. The summed E-state index contributed by atoms with van der Waals surface area (Å²) in [5.74, 6) is -0.0108. The second-order valence-corrected chi connectivity index (χ2v) is 8.32. The van der Waals surface area contributed by atoms with Gasteiger partial charge in [-0.05, 0) is 43.0 Å². The molecule has 1 amide bonds.